The first-order valence-electron chi connectivity index (χ1n) is 8.06. The van der Waals surface area contributed by atoms with E-state index >= 15 is 0 Å². The summed E-state index contributed by atoms with van der Waals surface area (Å²) in [5.74, 6) is -1.02. The van der Waals surface area contributed by atoms with Crippen LogP contribution in [0.5, 0.6) is 0 Å². The van der Waals surface area contributed by atoms with Gasteiger partial charge in [0, 0.05) is 12.7 Å². The van der Waals surface area contributed by atoms with Crippen molar-refractivity contribution in [2.24, 2.45) is 5.92 Å². The second-order valence-corrected chi connectivity index (χ2v) is 6.14. The summed E-state index contributed by atoms with van der Waals surface area (Å²) >= 11 is 0. The van der Waals surface area contributed by atoms with E-state index in [2.05, 4.69) is 13.8 Å². The van der Waals surface area contributed by atoms with Crippen molar-refractivity contribution < 1.29 is 24.2 Å². The fourth-order valence-electron chi connectivity index (χ4n) is 2.07. The van der Waals surface area contributed by atoms with Crippen LogP contribution >= 0.6 is 0 Å². The number of ether oxygens (including phenoxy) is 2. The summed E-state index contributed by atoms with van der Waals surface area (Å²) in [6, 6.07) is 0. The third-order valence-electron chi connectivity index (χ3n) is 3.55. The van der Waals surface area contributed by atoms with E-state index in [0.717, 1.165) is 19.3 Å². The van der Waals surface area contributed by atoms with Gasteiger partial charge in [0.15, 0.2) is 0 Å². The summed E-state index contributed by atoms with van der Waals surface area (Å²) in [5.41, 5.74) is -0.315. The molecule has 0 heterocycles. The zero-order valence-electron chi connectivity index (χ0n) is 14.9. The zero-order chi connectivity index (χ0) is 17.9. The number of carboxylic acids is 1. The summed E-state index contributed by atoms with van der Waals surface area (Å²) in [4.78, 5) is 22.6. The van der Waals surface area contributed by atoms with Gasteiger partial charge >= 0.3 is 11.9 Å². The predicted molar refractivity (Wildman–Crippen MR) is 90.2 cm³/mol. The van der Waals surface area contributed by atoms with Crippen molar-refractivity contribution in [2.75, 3.05) is 13.7 Å². The second-order valence-electron chi connectivity index (χ2n) is 6.14. The van der Waals surface area contributed by atoms with Gasteiger partial charge in [0.1, 0.15) is 0 Å². The molecule has 0 bridgehead atoms. The van der Waals surface area contributed by atoms with E-state index in [4.69, 9.17) is 14.6 Å². The molecule has 23 heavy (non-hydrogen) atoms. The molecule has 0 amide bonds. The first-order valence-corrected chi connectivity index (χ1v) is 8.06. The van der Waals surface area contributed by atoms with Crippen molar-refractivity contribution in [1.29, 1.82) is 0 Å². The molecule has 0 unspecified atom stereocenters. The summed E-state index contributed by atoms with van der Waals surface area (Å²) < 4.78 is 10.4. The van der Waals surface area contributed by atoms with Crippen molar-refractivity contribution in [3.05, 3.63) is 23.8 Å². The smallest absolute Gasteiger partial charge is 0.334 e. The Balaban J connectivity index is 4.93. The van der Waals surface area contributed by atoms with Crippen LogP contribution in [0.3, 0.4) is 0 Å². The summed E-state index contributed by atoms with van der Waals surface area (Å²) in [7, 11) is 1.65. The SMILES string of the molecule is CCOC(=O)/C(=C/C=C/[C@](C)(CCCC(C)C)OC)CC(=O)O. The molecule has 1 N–H and O–H groups in total. The quantitative estimate of drug-likeness (QED) is 0.356. The van der Waals surface area contributed by atoms with Gasteiger partial charge in [-0.25, -0.2) is 4.79 Å². The zero-order valence-corrected chi connectivity index (χ0v) is 14.9. The molecule has 0 saturated carbocycles. The Morgan fingerprint density at radius 1 is 1.30 bits per heavy atom. The molecule has 0 aromatic rings. The number of rotatable bonds is 11. The highest BCUT2D eigenvalue weighted by molar-refractivity contribution is 5.93. The van der Waals surface area contributed by atoms with Crippen molar-refractivity contribution in [3.8, 4) is 0 Å². The van der Waals surface area contributed by atoms with Gasteiger partial charge in [-0.05, 0) is 26.2 Å². The Morgan fingerprint density at radius 2 is 1.96 bits per heavy atom. The lowest BCUT2D eigenvalue weighted by Gasteiger charge is -2.24. The molecule has 0 aromatic heterocycles. The maximum absolute atomic E-state index is 11.7. The van der Waals surface area contributed by atoms with Crippen molar-refractivity contribution in [2.45, 2.75) is 59.0 Å². The Hall–Kier alpha value is -1.62. The minimum atomic E-state index is -1.07. The normalized spacial score (nSPS) is 15.0. The van der Waals surface area contributed by atoms with E-state index in [1.165, 1.54) is 6.08 Å². The lowest BCUT2D eigenvalue weighted by molar-refractivity contribution is -0.142. The Labute approximate surface area is 139 Å². The molecule has 0 rings (SSSR count). The van der Waals surface area contributed by atoms with E-state index in [1.807, 2.05) is 13.0 Å². The molecule has 0 aliphatic rings. The third kappa shape index (κ3) is 9.89. The molecule has 5 nitrogen and oxygen atoms in total. The fourth-order valence-corrected chi connectivity index (χ4v) is 2.07. The molecule has 0 fully saturated rings. The summed E-state index contributed by atoms with van der Waals surface area (Å²) in [6.07, 6.45) is 7.68. The van der Waals surface area contributed by atoms with Crippen LogP contribution in [0.4, 0.5) is 0 Å². The van der Waals surface area contributed by atoms with Crippen LogP contribution < -0.4 is 0 Å². The maximum atomic E-state index is 11.7. The number of carbonyl (C=O) groups excluding carboxylic acids is 1. The van der Waals surface area contributed by atoms with Crippen LogP contribution in [0.15, 0.2) is 23.8 Å². The number of carboxylic acid groups (broad SMARTS) is 1. The standard InChI is InChI=1S/C18H30O5/c1-6-23-17(21)15(13-16(19)20)10-8-12-18(4,22-5)11-7-9-14(2)3/h8,10,12,14H,6-7,9,11,13H2,1-5H3,(H,19,20)/b12-8+,15-10+/t18-/m0/s1. The number of esters is 1. The second kappa shape index (κ2) is 11.0. The Kier molecular flexibility index (Phi) is 10.2. The van der Waals surface area contributed by atoms with Crippen LogP contribution in [0.2, 0.25) is 0 Å². The van der Waals surface area contributed by atoms with Gasteiger partial charge in [0.05, 0.1) is 18.6 Å². The molecule has 0 spiro atoms. The number of carbonyl (C=O) groups is 2. The molecule has 0 aromatic carbocycles. The molecule has 0 aliphatic carbocycles. The number of aliphatic carboxylic acids is 1. The van der Waals surface area contributed by atoms with Crippen LogP contribution in [-0.2, 0) is 19.1 Å². The van der Waals surface area contributed by atoms with Gasteiger partial charge in [-0.2, -0.15) is 0 Å². The monoisotopic (exact) mass is 326 g/mol. The molecule has 0 saturated heterocycles. The first-order chi connectivity index (χ1) is 10.7. The topological polar surface area (TPSA) is 72.8 Å². The largest absolute Gasteiger partial charge is 0.481 e. The van der Waals surface area contributed by atoms with Crippen molar-refractivity contribution in [1.82, 2.24) is 0 Å². The van der Waals surface area contributed by atoms with E-state index < -0.39 is 17.5 Å². The molecule has 5 heteroatoms. The van der Waals surface area contributed by atoms with Crippen molar-refractivity contribution >= 4 is 11.9 Å². The van der Waals surface area contributed by atoms with Gasteiger partial charge in [-0.1, -0.05) is 44.9 Å². The number of allylic oxidation sites excluding steroid dienone is 2. The van der Waals surface area contributed by atoms with Gasteiger partial charge < -0.3 is 14.6 Å². The number of hydrogen-bond donors (Lipinski definition) is 1. The molecule has 0 aliphatic heterocycles. The minimum absolute atomic E-state index is 0.122. The molecule has 132 valence electrons. The molecule has 1 atom stereocenters. The van der Waals surface area contributed by atoms with Crippen LogP contribution in [0.1, 0.15) is 53.4 Å². The van der Waals surface area contributed by atoms with Crippen LogP contribution in [0, 0.1) is 5.92 Å². The lowest BCUT2D eigenvalue weighted by atomic mass is 9.95. The van der Waals surface area contributed by atoms with E-state index in [-0.39, 0.29) is 18.6 Å². The van der Waals surface area contributed by atoms with Gasteiger partial charge in [0.25, 0.3) is 0 Å². The van der Waals surface area contributed by atoms with Crippen LogP contribution in [0.25, 0.3) is 0 Å². The Bertz CT molecular complexity index is 437. The number of methoxy groups -OCH3 is 1. The summed E-state index contributed by atoms with van der Waals surface area (Å²) in [5, 5.41) is 8.88. The maximum Gasteiger partial charge on any atom is 0.334 e. The average molecular weight is 326 g/mol. The highest BCUT2D eigenvalue weighted by atomic mass is 16.5. The third-order valence-corrected chi connectivity index (χ3v) is 3.55. The predicted octanol–water partition coefficient (Wildman–Crippen LogP) is 3.74. The van der Waals surface area contributed by atoms with E-state index in [9.17, 15) is 9.59 Å². The molecular formula is C18H30O5. The Morgan fingerprint density at radius 3 is 2.43 bits per heavy atom. The van der Waals surface area contributed by atoms with E-state index in [0.29, 0.717) is 5.92 Å². The highest BCUT2D eigenvalue weighted by Gasteiger charge is 2.19. The molecule has 0 radical (unpaired) electrons. The van der Waals surface area contributed by atoms with Crippen molar-refractivity contribution in [3.63, 3.8) is 0 Å². The van der Waals surface area contributed by atoms with Gasteiger partial charge in [-0.15, -0.1) is 0 Å². The number of hydrogen-bond acceptors (Lipinski definition) is 4. The lowest BCUT2D eigenvalue weighted by Crippen LogP contribution is -2.24. The molecular weight excluding hydrogens is 296 g/mol. The van der Waals surface area contributed by atoms with Gasteiger partial charge in [0.2, 0.25) is 0 Å². The van der Waals surface area contributed by atoms with Gasteiger partial charge in [-0.3, -0.25) is 4.79 Å². The summed E-state index contributed by atoms with van der Waals surface area (Å²) in [6.45, 7) is 8.23. The fraction of sp³-hybridized carbons (Fsp3) is 0.667. The van der Waals surface area contributed by atoms with E-state index in [1.54, 1.807) is 20.1 Å². The first kappa shape index (κ1) is 21.4. The minimum Gasteiger partial charge on any atom is -0.481 e. The average Bonchev–Trinajstić information content (AvgIpc) is 2.45. The van der Waals surface area contributed by atoms with Crippen LogP contribution in [-0.4, -0.2) is 36.4 Å². The highest BCUT2D eigenvalue weighted by Crippen LogP contribution is 2.21.